The molecule has 2 aromatic rings. The number of Topliss-reactive ketones (excluding diaryl/α,β-unsaturated/α-hetero) is 1. The van der Waals surface area contributed by atoms with E-state index in [1.807, 2.05) is 6.07 Å². The Hall–Kier alpha value is -2.20. The van der Waals surface area contributed by atoms with Gasteiger partial charge in [-0.3, -0.25) is 9.69 Å². The Labute approximate surface area is 166 Å². The maximum Gasteiger partial charge on any atom is 0.162 e. The third kappa shape index (κ3) is 3.35. The highest BCUT2D eigenvalue weighted by Crippen LogP contribution is 2.49. The monoisotopic (exact) mass is 381 g/mol. The molecule has 0 unspecified atom stereocenters. The first-order valence-corrected chi connectivity index (χ1v) is 10.2. The molecule has 148 valence electrons. The van der Waals surface area contributed by atoms with Crippen molar-refractivity contribution in [3.05, 3.63) is 65.0 Å². The first-order valence-electron chi connectivity index (χ1n) is 10.2. The van der Waals surface area contributed by atoms with Gasteiger partial charge in [-0.1, -0.05) is 19.9 Å². The molecule has 1 aliphatic heterocycles. The molecule has 2 aromatic carbocycles. The average molecular weight is 381 g/mol. The minimum absolute atomic E-state index is 0.0827. The third-order valence-corrected chi connectivity index (χ3v) is 7.12. The molecule has 1 fully saturated rings. The topological polar surface area (TPSA) is 40.5 Å². The van der Waals surface area contributed by atoms with Gasteiger partial charge in [0, 0.05) is 18.0 Å². The number of hydrogen-bond acceptors (Lipinski definition) is 3. The van der Waals surface area contributed by atoms with Gasteiger partial charge in [-0.05, 0) is 91.2 Å². The van der Waals surface area contributed by atoms with Gasteiger partial charge < -0.3 is 5.11 Å². The van der Waals surface area contributed by atoms with E-state index in [1.165, 1.54) is 23.3 Å². The molecule has 3 nitrogen and oxygen atoms in total. The summed E-state index contributed by atoms with van der Waals surface area (Å²) in [4.78, 5) is 14.9. The lowest BCUT2D eigenvalue weighted by Gasteiger charge is -2.54. The van der Waals surface area contributed by atoms with Gasteiger partial charge in [0.25, 0.3) is 0 Å². The van der Waals surface area contributed by atoms with Gasteiger partial charge in [0.15, 0.2) is 5.78 Å². The molecule has 1 N–H and O–H groups in total. The molecule has 0 radical (unpaired) electrons. The molecule has 2 bridgehead atoms. The van der Waals surface area contributed by atoms with Crippen LogP contribution in [0, 0.1) is 11.7 Å². The molecule has 1 saturated heterocycles. The number of phenolic OH excluding ortho intramolecular Hbond substituents is 1. The molecule has 4 heteroatoms. The van der Waals surface area contributed by atoms with Crippen molar-refractivity contribution in [2.45, 2.75) is 51.0 Å². The summed E-state index contributed by atoms with van der Waals surface area (Å²) in [6.45, 7) is 6.59. The summed E-state index contributed by atoms with van der Waals surface area (Å²) in [5.41, 5.74) is 3.34. The fourth-order valence-corrected chi connectivity index (χ4v) is 5.20. The highest BCUT2D eigenvalue weighted by molar-refractivity contribution is 5.95. The molecule has 0 spiro atoms. The quantitative estimate of drug-likeness (QED) is 0.762. The zero-order valence-electron chi connectivity index (χ0n) is 16.6. The summed E-state index contributed by atoms with van der Waals surface area (Å²) in [5.74, 6) is 0.628. The van der Waals surface area contributed by atoms with Gasteiger partial charge in [0.05, 0.1) is 0 Å². The second kappa shape index (κ2) is 7.32. The van der Waals surface area contributed by atoms with Gasteiger partial charge >= 0.3 is 0 Å². The van der Waals surface area contributed by atoms with Crippen molar-refractivity contribution < 1.29 is 14.3 Å². The molecule has 28 heavy (non-hydrogen) atoms. The predicted octanol–water partition coefficient (Wildman–Crippen LogP) is 4.72. The summed E-state index contributed by atoms with van der Waals surface area (Å²) in [6.07, 6.45) is 3.37. The van der Waals surface area contributed by atoms with Gasteiger partial charge in [-0.25, -0.2) is 4.39 Å². The van der Waals surface area contributed by atoms with Crippen LogP contribution in [0.1, 0.15) is 54.6 Å². The van der Waals surface area contributed by atoms with Crippen molar-refractivity contribution in [1.29, 1.82) is 0 Å². The van der Waals surface area contributed by atoms with Crippen molar-refractivity contribution in [1.82, 2.24) is 4.90 Å². The van der Waals surface area contributed by atoms with Crippen molar-refractivity contribution in [3.8, 4) is 5.75 Å². The Morgan fingerprint density at radius 2 is 2.00 bits per heavy atom. The molecule has 4 rings (SSSR count). The van der Waals surface area contributed by atoms with Crippen LogP contribution in [0.5, 0.6) is 5.75 Å². The zero-order chi connectivity index (χ0) is 19.9. The number of rotatable bonds is 5. The van der Waals surface area contributed by atoms with E-state index in [0.717, 1.165) is 32.4 Å². The maximum absolute atomic E-state index is 13.0. The van der Waals surface area contributed by atoms with Crippen LogP contribution in [0.4, 0.5) is 4.39 Å². The number of piperidine rings is 1. The van der Waals surface area contributed by atoms with E-state index in [0.29, 0.717) is 29.7 Å². The number of carbonyl (C=O) groups is 1. The number of phenols is 1. The van der Waals surface area contributed by atoms with Crippen molar-refractivity contribution >= 4 is 5.78 Å². The lowest BCUT2D eigenvalue weighted by Crippen LogP contribution is -2.58. The molecule has 0 amide bonds. The lowest BCUT2D eigenvalue weighted by molar-refractivity contribution is 0.0303. The van der Waals surface area contributed by atoms with Crippen LogP contribution in [-0.2, 0) is 11.8 Å². The van der Waals surface area contributed by atoms with E-state index in [1.54, 1.807) is 18.2 Å². The van der Waals surface area contributed by atoms with E-state index < -0.39 is 0 Å². The van der Waals surface area contributed by atoms with Gasteiger partial charge in [0.2, 0.25) is 0 Å². The Bertz CT molecular complexity index is 879. The fraction of sp³-hybridized carbons (Fsp3) is 0.458. The van der Waals surface area contributed by atoms with Gasteiger partial charge in [-0.15, -0.1) is 0 Å². The number of likely N-dealkylation sites (tertiary alicyclic amines) is 1. The van der Waals surface area contributed by atoms with Crippen LogP contribution >= 0.6 is 0 Å². The van der Waals surface area contributed by atoms with Crippen LogP contribution in [0.3, 0.4) is 0 Å². The summed E-state index contributed by atoms with van der Waals surface area (Å²) in [5, 5.41) is 9.95. The maximum atomic E-state index is 13.0. The SMILES string of the molecule is C[C@@H]1[C@@H]2Cc3ccc(O)cc3[C@]1(C)CCN2CCCC(=O)c1ccc(F)cc1. The van der Waals surface area contributed by atoms with E-state index in [9.17, 15) is 14.3 Å². The summed E-state index contributed by atoms with van der Waals surface area (Å²) >= 11 is 0. The number of nitrogens with zero attached hydrogens (tertiary/aromatic N) is 1. The fourth-order valence-electron chi connectivity index (χ4n) is 5.20. The minimum Gasteiger partial charge on any atom is -0.508 e. The van der Waals surface area contributed by atoms with Crippen LogP contribution in [0.25, 0.3) is 0 Å². The molecular weight excluding hydrogens is 353 g/mol. The second-order valence-corrected chi connectivity index (χ2v) is 8.64. The average Bonchev–Trinajstić information content (AvgIpc) is 2.67. The Balaban J connectivity index is 1.42. The van der Waals surface area contributed by atoms with Crippen LogP contribution in [0.15, 0.2) is 42.5 Å². The number of benzene rings is 2. The Morgan fingerprint density at radius 1 is 1.25 bits per heavy atom. The smallest absolute Gasteiger partial charge is 0.162 e. The summed E-state index contributed by atoms with van der Waals surface area (Å²) < 4.78 is 13.0. The van der Waals surface area contributed by atoms with Crippen LogP contribution < -0.4 is 0 Å². The number of halogens is 1. The summed E-state index contributed by atoms with van der Waals surface area (Å²) in [6, 6.07) is 12.1. The third-order valence-electron chi connectivity index (χ3n) is 7.12. The van der Waals surface area contributed by atoms with Gasteiger partial charge in [-0.2, -0.15) is 0 Å². The van der Waals surface area contributed by atoms with Crippen molar-refractivity contribution in [2.24, 2.45) is 5.92 Å². The lowest BCUT2D eigenvalue weighted by atomic mass is 9.59. The van der Waals surface area contributed by atoms with E-state index in [4.69, 9.17) is 0 Å². The molecule has 0 aromatic heterocycles. The number of hydrogen-bond donors (Lipinski definition) is 1. The Kier molecular flexibility index (Phi) is 5.00. The first-order chi connectivity index (χ1) is 13.4. The molecule has 0 saturated carbocycles. The molecular formula is C24H28FNO2. The number of fused-ring (bicyclic) bond motifs is 4. The minimum atomic E-state index is -0.312. The largest absolute Gasteiger partial charge is 0.508 e. The highest BCUT2D eigenvalue weighted by Gasteiger charge is 2.48. The van der Waals surface area contributed by atoms with Gasteiger partial charge in [0.1, 0.15) is 11.6 Å². The second-order valence-electron chi connectivity index (χ2n) is 8.64. The first kappa shape index (κ1) is 19.1. The summed E-state index contributed by atoms with van der Waals surface area (Å²) in [7, 11) is 0. The number of aromatic hydroxyl groups is 1. The van der Waals surface area contributed by atoms with Crippen LogP contribution in [0.2, 0.25) is 0 Å². The molecule has 1 aliphatic carbocycles. The van der Waals surface area contributed by atoms with Crippen LogP contribution in [-0.4, -0.2) is 34.9 Å². The van der Waals surface area contributed by atoms with Crippen molar-refractivity contribution in [2.75, 3.05) is 13.1 Å². The predicted molar refractivity (Wildman–Crippen MR) is 108 cm³/mol. The molecule has 1 heterocycles. The number of carbonyl (C=O) groups excluding carboxylic acids is 1. The molecule has 3 atom stereocenters. The van der Waals surface area contributed by atoms with Crippen molar-refractivity contribution in [3.63, 3.8) is 0 Å². The number of ketones is 1. The molecule has 2 aliphatic rings. The van der Waals surface area contributed by atoms with E-state index >= 15 is 0 Å². The Morgan fingerprint density at radius 3 is 2.75 bits per heavy atom. The van der Waals surface area contributed by atoms with E-state index in [2.05, 4.69) is 24.8 Å². The zero-order valence-corrected chi connectivity index (χ0v) is 16.6. The normalized spacial score (nSPS) is 26.7. The standard InChI is InChI=1S/C24H28FNO2/c1-16-22-14-18-7-10-20(27)15-21(18)24(16,2)11-13-26(22)12-3-4-23(28)17-5-8-19(25)9-6-17/h5-10,15-16,22,27H,3-4,11-14H2,1-2H3/t16-,22+,24-/m1/s1. The van der Waals surface area contributed by atoms with E-state index in [-0.39, 0.29) is 17.0 Å². The highest BCUT2D eigenvalue weighted by atomic mass is 19.1.